The van der Waals surface area contributed by atoms with Crippen LogP contribution >= 0.6 is 0 Å². The third-order valence-electron chi connectivity index (χ3n) is 4.73. The molecule has 0 N–H and O–H groups in total. The van der Waals surface area contributed by atoms with E-state index in [9.17, 15) is 10.1 Å². The van der Waals surface area contributed by atoms with Crippen LogP contribution in [0.5, 0.6) is 5.75 Å². The maximum atomic E-state index is 11.5. The van der Waals surface area contributed by atoms with Gasteiger partial charge in [-0.15, -0.1) is 0 Å². The number of fused-ring (bicyclic) bond motifs is 2. The molecule has 0 saturated heterocycles. The Morgan fingerprint density at radius 2 is 2.07 bits per heavy atom. The zero-order chi connectivity index (χ0) is 19.1. The largest absolute Gasteiger partial charge is 0.497 e. The van der Waals surface area contributed by atoms with Crippen molar-refractivity contribution in [2.24, 2.45) is 5.11 Å². The summed E-state index contributed by atoms with van der Waals surface area (Å²) < 4.78 is 7.26. The summed E-state index contributed by atoms with van der Waals surface area (Å²) in [5.74, 6) is 0.702. The zero-order valence-electron chi connectivity index (χ0n) is 15.5. The predicted molar refractivity (Wildman–Crippen MR) is 103 cm³/mol. The van der Waals surface area contributed by atoms with Crippen molar-refractivity contribution in [1.29, 1.82) is 0 Å². The first-order chi connectivity index (χ1) is 13.0. The number of non-ortho nitro benzene ring substituents is 1. The van der Waals surface area contributed by atoms with Crippen LogP contribution in [0, 0.1) is 10.1 Å². The average Bonchev–Trinajstić information content (AvgIpc) is 3.01. The molecule has 2 heterocycles. The fourth-order valence-electron chi connectivity index (χ4n) is 3.45. The first-order valence-corrected chi connectivity index (χ1v) is 8.72. The molecule has 1 aliphatic rings. The number of ether oxygens (including phenoxy) is 1. The molecular formula is C19H20N5O3+. The molecule has 0 spiro atoms. The molecule has 138 valence electrons. The molecule has 0 atom stereocenters. The molecule has 0 saturated carbocycles. The molecule has 4 rings (SSSR count). The number of azo groups is 2. The summed E-state index contributed by atoms with van der Waals surface area (Å²) >= 11 is 0. The van der Waals surface area contributed by atoms with Crippen LogP contribution in [-0.4, -0.2) is 53.8 Å². The molecule has 0 fully saturated rings. The van der Waals surface area contributed by atoms with E-state index >= 15 is 0 Å². The minimum Gasteiger partial charge on any atom is -0.497 e. The number of nitro benzene ring substituents is 1. The van der Waals surface area contributed by atoms with Gasteiger partial charge in [0.1, 0.15) is 11.1 Å². The van der Waals surface area contributed by atoms with Crippen molar-refractivity contribution in [3.05, 3.63) is 40.4 Å². The highest BCUT2D eigenvalue weighted by Crippen LogP contribution is 2.46. The van der Waals surface area contributed by atoms with Gasteiger partial charge in [0.25, 0.3) is 5.69 Å². The number of benzene rings is 2. The Morgan fingerprint density at radius 1 is 1.26 bits per heavy atom. The molecule has 27 heavy (non-hydrogen) atoms. The van der Waals surface area contributed by atoms with Crippen molar-refractivity contribution < 1.29 is 14.4 Å². The number of aromatic nitrogens is 1. The Labute approximate surface area is 155 Å². The lowest BCUT2D eigenvalue weighted by molar-refractivity contribution is -0.504. The highest BCUT2D eigenvalue weighted by Gasteiger charge is 2.32. The summed E-state index contributed by atoms with van der Waals surface area (Å²) in [7, 11) is 5.67. The molecule has 2 aromatic carbocycles. The van der Waals surface area contributed by atoms with Crippen molar-refractivity contribution in [3.8, 4) is 5.75 Å². The van der Waals surface area contributed by atoms with Gasteiger partial charge in [-0.3, -0.25) is 10.1 Å². The summed E-state index contributed by atoms with van der Waals surface area (Å²) in [5, 5.41) is 17.9. The summed E-state index contributed by atoms with van der Waals surface area (Å²) in [6.45, 7) is 1.66. The average molecular weight is 366 g/mol. The first-order valence-electron chi connectivity index (χ1n) is 8.72. The van der Waals surface area contributed by atoms with Crippen molar-refractivity contribution in [3.63, 3.8) is 0 Å². The molecule has 1 aliphatic heterocycles. The van der Waals surface area contributed by atoms with E-state index in [-0.39, 0.29) is 10.6 Å². The number of rotatable bonds is 6. The van der Waals surface area contributed by atoms with E-state index in [0.717, 1.165) is 41.7 Å². The molecule has 0 unspecified atom stereocenters. The molecule has 0 radical (unpaired) electrons. The maximum Gasteiger partial charge on any atom is 0.296 e. The van der Waals surface area contributed by atoms with E-state index in [2.05, 4.69) is 9.88 Å². The van der Waals surface area contributed by atoms with E-state index in [1.165, 1.54) is 6.07 Å². The normalized spacial score (nSPS) is 12.8. The minimum absolute atomic E-state index is 0.00180. The summed E-state index contributed by atoms with van der Waals surface area (Å²) in [5.41, 5.74) is 2.62. The lowest BCUT2D eigenvalue weighted by Crippen LogP contribution is -2.16. The topological polar surface area (TPSA) is 83.9 Å². The van der Waals surface area contributed by atoms with Crippen molar-refractivity contribution in [2.45, 2.75) is 6.42 Å². The molecule has 8 heteroatoms. The monoisotopic (exact) mass is 366 g/mol. The van der Waals surface area contributed by atoms with E-state index in [1.54, 1.807) is 19.2 Å². The van der Waals surface area contributed by atoms with Gasteiger partial charge in [-0.05, 0) is 32.3 Å². The number of hydrogen-bond acceptors (Lipinski definition) is 6. The smallest absolute Gasteiger partial charge is 0.296 e. The van der Waals surface area contributed by atoms with Crippen LogP contribution in [0.4, 0.5) is 17.1 Å². The van der Waals surface area contributed by atoms with Gasteiger partial charge in [0.2, 0.25) is 5.69 Å². The van der Waals surface area contributed by atoms with Gasteiger partial charge in [-0.25, -0.2) is 4.98 Å². The molecule has 0 bridgehead atoms. The number of pyridine rings is 1. The SMILES string of the molecule is COc1ccc2nc3c([N+](=O)[O-])ccc4c3c(c2c1)N=[N+]4CCCN(C)C. The van der Waals surface area contributed by atoms with Gasteiger partial charge in [-0.2, -0.15) is 0 Å². The van der Waals surface area contributed by atoms with Gasteiger partial charge in [-0.1, -0.05) is 4.70 Å². The number of nitrogens with zero attached hydrogens (tertiary/aromatic N) is 5. The van der Waals surface area contributed by atoms with Gasteiger partial charge in [0.05, 0.1) is 17.5 Å². The van der Waals surface area contributed by atoms with Gasteiger partial charge < -0.3 is 9.64 Å². The Hall–Kier alpha value is -3.13. The Morgan fingerprint density at radius 3 is 2.78 bits per heavy atom. The van der Waals surface area contributed by atoms with Crippen LogP contribution in [0.1, 0.15) is 6.42 Å². The summed E-state index contributed by atoms with van der Waals surface area (Å²) in [6, 6.07) is 8.78. The van der Waals surface area contributed by atoms with Crippen LogP contribution in [0.25, 0.3) is 21.8 Å². The fraction of sp³-hybridized carbons (Fsp3) is 0.316. The van der Waals surface area contributed by atoms with Crippen molar-refractivity contribution in [1.82, 2.24) is 9.88 Å². The second-order valence-corrected chi connectivity index (χ2v) is 6.81. The number of hydrogen-bond donors (Lipinski definition) is 0. The van der Waals surface area contributed by atoms with Crippen LogP contribution in [-0.2, 0) is 0 Å². The van der Waals surface area contributed by atoms with Gasteiger partial charge in [0, 0.05) is 35.6 Å². The van der Waals surface area contributed by atoms with E-state index in [1.807, 2.05) is 30.9 Å². The van der Waals surface area contributed by atoms with Crippen LogP contribution in [0.3, 0.4) is 0 Å². The van der Waals surface area contributed by atoms with Gasteiger partial charge >= 0.3 is 0 Å². The molecule has 1 aromatic heterocycles. The number of nitro groups is 1. The van der Waals surface area contributed by atoms with Crippen LogP contribution < -0.4 is 4.74 Å². The zero-order valence-corrected chi connectivity index (χ0v) is 15.5. The molecule has 0 amide bonds. The molecular weight excluding hydrogens is 346 g/mol. The maximum absolute atomic E-state index is 11.5. The lowest BCUT2D eigenvalue weighted by Gasteiger charge is -2.06. The van der Waals surface area contributed by atoms with Crippen molar-refractivity contribution >= 4 is 38.9 Å². The third-order valence-corrected chi connectivity index (χ3v) is 4.73. The fourth-order valence-corrected chi connectivity index (χ4v) is 3.45. The highest BCUT2D eigenvalue weighted by molar-refractivity contribution is 6.13. The highest BCUT2D eigenvalue weighted by atomic mass is 16.6. The second-order valence-electron chi connectivity index (χ2n) is 6.81. The quantitative estimate of drug-likeness (QED) is 0.285. The van der Waals surface area contributed by atoms with Crippen molar-refractivity contribution in [2.75, 3.05) is 34.3 Å². The van der Waals surface area contributed by atoms with Gasteiger partial charge in [0.15, 0.2) is 17.7 Å². The van der Waals surface area contributed by atoms with E-state index < -0.39 is 0 Å². The summed E-state index contributed by atoms with van der Waals surface area (Å²) in [4.78, 5) is 17.8. The molecule has 0 aliphatic carbocycles. The standard InChI is InChI=1S/C19H20N5O3/c1-22(2)9-4-10-23-15-7-8-16(24(25)26)19-17(15)18(21-23)13-11-12(27-3)5-6-14(13)20-19/h5-8,11H,4,9-10H2,1-3H3/q+1. The Bertz CT molecular complexity index is 1110. The predicted octanol–water partition coefficient (Wildman–Crippen LogP) is 4.00. The minimum atomic E-state index is -0.389. The molecule has 8 nitrogen and oxygen atoms in total. The Kier molecular flexibility index (Phi) is 4.19. The Balaban J connectivity index is 1.95. The number of methoxy groups -OCH3 is 1. The van der Waals surface area contributed by atoms with E-state index in [0.29, 0.717) is 16.8 Å². The third kappa shape index (κ3) is 2.87. The van der Waals surface area contributed by atoms with E-state index in [4.69, 9.17) is 9.85 Å². The lowest BCUT2D eigenvalue weighted by atomic mass is 10.1. The molecule has 3 aromatic rings. The second kappa shape index (κ2) is 6.55. The first kappa shape index (κ1) is 17.3. The van der Waals surface area contributed by atoms with Crippen LogP contribution in [0.15, 0.2) is 35.4 Å². The van der Waals surface area contributed by atoms with Crippen LogP contribution in [0.2, 0.25) is 0 Å². The summed E-state index contributed by atoms with van der Waals surface area (Å²) in [6.07, 6.45) is 0.928.